The van der Waals surface area contributed by atoms with Gasteiger partial charge in [-0.2, -0.15) is 0 Å². The molecule has 0 radical (unpaired) electrons. The lowest BCUT2D eigenvalue weighted by Crippen LogP contribution is -2.30. The molecule has 0 atom stereocenters. The molecule has 4 N–H and O–H groups in total. The van der Waals surface area contributed by atoms with Gasteiger partial charge in [-0.15, -0.1) is 0 Å². The van der Waals surface area contributed by atoms with Gasteiger partial charge in [-0.25, -0.2) is 0 Å². The van der Waals surface area contributed by atoms with Gasteiger partial charge in [0.1, 0.15) is 5.75 Å². The molecular weight excluding hydrogens is 320 g/mol. The van der Waals surface area contributed by atoms with E-state index in [1.807, 2.05) is 0 Å². The second kappa shape index (κ2) is 3.99. The van der Waals surface area contributed by atoms with Crippen molar-refractivity contribution in [1.82, 2.24) is 0 Å². The first-order valence-corrected chi connectivity index (χ1v) is 6.62. The lowest BCUT2D eigenvalue weighted by Gasteiger charge is -2.13. The zero-order valence-corrected chi connectivity index (χ0v) is 11.6. The zero-order valence-electron chi connectivity index (χ0n) is 11.6. The van der Waals surface area contributed by atoms with Crippen molar-refractivity contribution in [3.63, 3.8) is 0 Å². The smallest absolute Gasteiger partial charge is 0.268 e. The Labute approximate surface area is 129 Å². The fourth-order valence-electron chi connectivity index (χ4n) is 3.13. The fourth-order valence-corrected chi connectivity index (χ4v) is 3.13. The van der Waals surface area contributed by atoms with Crippen molar-refractivity contribution in [2.45, 2.75) is 0 Å². The van der Waals surface area contributed by atoms with Crippen molar-refractivity contribution in [2.75, 3.05) is 0 Å². The zero-order chi connectivity index (χ0) is 17.5. The van der Waals surface area contributed by atoms with Gasteiger partial charge in [-0.1, -0.05) is 0 Å². The molecule has 4 rings (SSSR count). The minimum absolute atomic E-state index is 0.106. The first-order chi connectivity index (χ1) is 11.3. The SMILES string of the molecule is O=c1c(O)c2c(=O)c(=O)c3cc(O)cc4c(O)c(O)c(c1=O)c2c43. The number of benzene rings is 4. The summed E-state index contributed by atoms with van der Waals surface area (Å²) in [7, 11) is 0. The van der Waals surface area contributed by atoms with Crippen LogP contribution in [0.1, 0.15) is 0 Å². The Kier molecular flexibility index (Phi) is 2.32. The molecular formula is C16H6O8. The molecule has 0 unspecified atom stereocenters. The monoisotopic (exact) mass is 326 g/mol. The van der Waals surface area contributed by atoms with E-state index in [0.717, 1.165) is 12.1 Å². The third-order valence-electron chi connectivity index (χ3n) is 4.15. The third-order valence-corrected chi connectivity index (χ3v) is 4.15. The van der Waals surface area contributed by atoms with Gasteiger partial charge in [0.25, 0.3) is 5.43 Å². The number of rotatable bonds is 0. The Bertz CT molecular complexity index is 1410. The Hall–Kier alpha value is -3.68. The van der Waals surface area contributed by atoms with Crippen LogP contribution in [0.15, 0.2) is 31.3 Å². The Morgan fingerprint density at radius 3 is 1.71 bits per heavy atom. The maximum absolute atomic E-state index is 12.3. The van der Waals surface area contributed by atoms with E-state index >= 15 is 0 Å². The Morgan fingerprint density at radius 2 is 1.04 bits per heavy atom. The summed E-state index contributed by atoms with van der Waals surface area (Å²) < 4.78 is 0. The van der Waals surface area contributed by atoms with Crippen LogP contribution in [0.5, 0.6) is 23.0 Å². The summed E-state index contributed by atoms with van der Waals surface area (Å²) in [5.74, 6) is -3.44. The average molecular weight is 326 g/mol. The Morgan fingerprint density at radius 1 is 0.500 bits per heavy atom. The van der Waals surface area contributed by atoms with Crippen molar-refractivity contribution < 1.29 is 20.4 Å². The quantitative estimate of drug-likeness (QED) is 0.196. The van der Waals surface area contributed by atoms with Gasteiger partial charge < -0.3 is 20.4 Å². The molecule has 0 saturated heterocycles. The van der Waals surface area contributed by atoms with Gasteiger partial charge in [-0.05, 0) is 12.1 Å². The van der Waals surface area contributed by atoms with E-state index in [1.54, 1.807) is 0 Å². The minimum Gasteiger partial charge on any atom is -0.508 e. The van der Waals surface area contributed by atoms with Crippen molar-refractivity contribution in [1.29, 1.82) is 0 Å². The molecule has 4 aromatic carbocycles. The normalized spacial score (nSPS) is 11.8. The van der Waals surface area contributed by atoms with Crippen LogP contribution in [0.2, 0.25) is 0 Å². The molecule has 8 nitrogen and oxygen atoms in total. The highest BCUT2D eigenvalue weighted by molar-refractivity contribution is 6.27. The van der Waals surface area contributed by atoms with E-state index < -0.39 is 55.5 Å². The highest BCUT2D eigenvalue weighted by Crippen LogP contribution is 2.45. The highest BCUT2D eigenvalue weighted by atomic mass is 16.3. The summed E-state index contributed by atoms with van der Waals surface area (Å²) in [6.45, 7) is 0. The number of aromatic hydroxyl groups is 4. The van der Waals surface area contributed by atoms with Crippen molar-refractivity contribution in [2.24, 2.45) is 0 Å². The van der Waals surface area contributed by atoms with Gasteiger partial charge in [0, 0.05) is 21.5 Å². The van der Waals surface area contributed by atoms with E-state index in [2.05, 4.69) is 0 Å². The van der Waals surface area contributed by atoms with Crippen molar-refractivity contribution in [3.8, 4) is 23.0 Å². The summed E-state index contributed by atoms with van der Waals surface area (Å²) >= 11 is 0. The van der Waals surface area contributed by atoms with E-state index in [9.17, 15) is 39.6 Å². The van der Waals surface area contributed by atoms with Crippen molar-refractivity contribution in [3.05, 3.63) is 53.0 Å². The van der Waals surface area contributed by atoms with E-state index in [0.29, 0.717) is 0 Å². The first kappa shape index (κ1) is 13.9. The summed E-state index contributed by atoms with van der Waals surface area (Å²) in [4.78, 5) is 48.5. The van der Waals surface area contributed by atoms with E-state index in [1.165, 1.54) is 0 Å². The predicted molar refractivity (Wildman–Crippen MR) is 84.3 cm³/mol. The number of phenols is 4. The van der Waals surface area contributed by atoms with Gasteiger partial charge in [0.05, 0.1) is 10.8 Å². The van der Waals surface area contributed by atoms with Crippen LogP contribution in [0.4, 0.5) is 0 Å². The number of hydrogen-bond donors (Lipinski definition) is 4. The summed E-state index contributed by atoms with van der Waals surface area (Å²) in [6.07, 6.45) is 0. The average Bonchev–Trinajstić information content (AvgIpc) is 2.54. The molecule has 0 saturated carbocycles. The lowest BCUT2D eigenvalue weighted by molar-refractivity contribution is 0.412. The molecule has 0 amide bonds. The lowest BCUT2D eigenvalue weighted by atomic mass is 9.91. The molecule has 4 aromatic rings. The number of hydrogen-bond acceptors (Lipinski definition) is 8. The molecule has 0 aliphatic carbocycles. The molecule has 118 valence electrons. The predicted octanol–water partition coefficient (Wildman–Crippen LogP) is -0.277. The van der Waals surface area contributed by atoms with Crippen LogP contribution in [0.3, 0.4) is 0 Å². The number of phenolic OH excluding ortho intramolecular Hbond substituents is 4. The van der Waals surface area contributed by atoms with Crippen LogP contribution in [-0.4, -0.2) is 20.4 Å². The molecule has 24 heavy (non-hydrogen) atoms. The topological polar surface area (TPSA) is 149 Å². The van der Waals surface area contributed by atoms with E-state index in [4.69, 9.17) is 0 Å². The van der Waals surface area contributed by atoms with Crippen molar-refractivity contribution >= 4 is 32.3 Å². The molecule has 0 heterocycles. The minimum atomic E-state index is -1.46. The van der Waals surface area contributed by atoms with Crippen LogP contribution in [0, 0.1) is 0 Å². The molecule has 8 heteroatoms. The second-order valence-corrected chi connectivity index (χ2v) is 5.40. The maximum Gasteiger partial charge on any atom is 0.268 e. The molecule has 0 spiro atoms. The molecule has 0 aromatic heterocycles. The van der Waals surface area contributed by atoms with Gasteiger partial charge in [0.2, 0.25) is 16.3 Å². The highest BCUT2D eigenvalue weighted by Gasteiger charge is 2.27. The molecule has 0 aliphatic heterocycles. The van der Waals surface area contributed by atoms with Crippen LogP contribution in [-0.2, 0) is 0 Å². The third kappa shape index (κ3) is 1.33. The fraction of sp³-hybridized carbons (Fsp3) is 0. The maximum atomic E-state index is 12.3. The summed E-state index contributed by atoms with van der Waals surface area (Å²) in [5.41, 5.74) is -5.15. The molecule has 0 bridgehead atoms. The van der Waals surface area contributed by atoms with Gasteiger partial charge in [0.15, 0.2) is 17.2 Å². The molecule has 0 fully saturated rings. The van der Waals surface area contributed by atoms with Crippen LogP contribution < -0.4 is 21.7 Å². The summed E-state index contributed by atoms with van der Waals surface area (Å²) in [5, 5.41) is 37.5. The van der Waals surface area contributed by atoms with Gasteiger partial charge >= 0.3 is 0 Å². The standard InChI is InChI=1S/C16H6O8/c17-3-1-4-6-5(2-3)11(19)13(21)9-7(6)8(12(20)10(4)18)14(22)16(24)15(9)23/h1-2,17-18,20,23H. The second-order valence-electron chi connectivity index (χ2n) is 5.40. The molecule has 0 aliphatic rings. The van der Waals surface area contributed by atoms with Gasteiger partial charge in [-0.3, -0.25) is 19.2 Å². The van der Waals surface area contributed by atoms with Crippen LogP contribution >= 0.6 is 0 Å². The summed E-state index contributed by atoms with van der Waals surface area (Å²) in [6, 6.07) is 1.99. The largest absolute Gasteiger partial charge is 0.508 e. The van der Waals surface area contributed by atoms with E-state index in [-0.39, 0.29) is 21.5 Å². The Balaban J connectivity index is 2.70. The van der Waals surface area contributed by atoms with Crippen LogP contribution in [0.25, 0.3) is 32.3 Å². The first-order valence-electron chi connectivity index (χ1n) is 6.62.